The highest BCUT2D eigenvalue weighted by Gasteiger charge is 2.12. The second-order valence-corrected chi connectivity index (χ2v) is 5.24. The number of hydrogen-bond acceptors (Lipinski definition) is 3. The fraction of sp³-hybridized carbons (Fsp3) is 0.278. The van der Waals surface area contributed by atoms with Gasteiger partial charge in [0.15, 0.2) is 0 Å². The molecule has 0 aliphatic heterocycles. The third-order valence-electron chi connectivity index (χ3n) is 3.30. The lowest BCUT2D eigenvalue weighted by molar-refractivity contribution is -0.134. The van der Waals surface area contributed by atoms with E-state index >= 15 is 0 Å². The lowest BCUT2D eigenvalue weighted by atomic mass is 10.2. The topological polar surface area (TPSA) is 35.5 Å². The Bertz CT molecular complexity index is 635. The van der Waals surface area contributed by atoms with Crippen molar-refractivity contribution in [3.63, 3.8) is 0 Å². The van der Waals surface area contributed by atoms with Gasteiger partial charge in [-0.25, -0.2) is 0 Å². The highest BCUT2D eigenvalue weighted by atomic mass is 35.5. The number of halogens is 1. The van der Waals surface area contributed by atoms with Gasteiger partial charge in [-0.05, 0) is 36.2 Å². The molecule has 0 aliphatic carbocycles. The molecule has 0 bridgehead atoms. The van der Waals surface area contributed by atoms with Crippen LogP contribution in [0.3, 0.4) is 0 Å². The third-order valence-corrected chi connectivity index (χ3v) is 3.66. The molecular weight excluding hydrogens is 300 g/mol. The minimum atomic E-state index is -0.296. The molecule has 2 aromatic carbocycles. The predicted molar refractivity (Wildman–Crippen MR) is 87.5 cm³/mol. The normalized spacial score (nSPS) is 10.3. The van der Waals surface area contributed by atoms with Crippen molar-refractivity contribution in [2.45, 2.75) is 33.3 Å². The summed E-state index contributed by atoms with van der Waals surface area (Å²) >= 11 is 6.20. The number of ether oxygens (including phenoxy) is 2. The van der Waals surface area contributed by atoms with E-state index in [1.807, 2.05) is 24.3 Å². The number of hydrogen-bond donors (Lipinski definition) is 0. The fourth-order valence-electron chi connectivity index (χ4n) is 1.95. The van der Waals surface area contributed by atoms with Crippen molar-refractivity contribution in [3.05, 3.63) is 58.6 Å². The first-order valence-corrected chi connectivity index (χ1v) is 7.71. The Morgan fingerprint density at radius 3 is 2.45 bits per heavy atom. The average Bonchev–Trinajstić information content (AvgIpc) is 2.54. The Hall–Kier alpha value is -2.00. The molecule has 0 saturated heterocycles. The summed E-state index contributed by atoms with van der Waals surface area (Å²) < 4.78 is 11.0. The maximum Gasteiger partial charge on any atom is 0.310 e. The zero-order chi connectivity index (χ0) is 15.9. The van der Waals surface area contributed by atoms with Crippen LogP contribution in [0.1, 0.15) is 31.4 Å². The minimum absolute atomic E-state index is 0.247. The van der Waals surface area contributed by atoms with Crippen LogP contribution in [0.15, 0.2) is 42.5 Å². The first-order chi connectivity index (χ1) is 10.6. The molecule has 0 saturated carbocycles. The molecule has 2 aromatic rings. The van der Waals surface area contributed by atoms with Crippen LogP contribution in [0.5, 0.6) is 11.5 Å². The summed E-state index contributed by atoms with van der Waals surface area (Å²) in [5, 5.41) is 0.520. The van der Waals surface area contributed by atoms with Crippen molar-refractivity contribution in [3.8, 4) is 11.5 Å². The van der Waals surface area contributed by atoms with Gasteiger partial charge in [0.2, 0.25) is 0 Å². The predicted octanol–water partition coefficient (Wildman–Crippen LogP) is 4.80. The van der Waals surface area contributed by atoms with E-state index in [1.165, 1.54) is 5.56 Å². The van der Waals surface area contributed by atoms with Crippen LogP contribution < -0.4 is 9.47 Å². The molecule has 2 rings (SSSR count). The van der Waals surface area contributed by atoms with Gasteiger partial charge in [-0.3, -0.25) is 4.79 Å². The van der Waals surface area contributed by atoms with E-state index in [9.17, 15) is 4.79 Å². The molecule has 22 heavy (non-hydrogen) atoms. The summed E-state index contributed by atoms with van der Waals surface area (Å²) in [6.07, 6.45) is 1.30. The first kappa shape index (κ1) is 16.4. The van der Waals surface area contributed by atoms with Crippen molar-refractivity contribution in [2.75, 3.05) is 0 Å². The van der Waals surface area contributed by atoms with Gasteiger partial charge in [0.05, 0.1) is 10.6 Å². The molecule has 0 unspecified atom stereocenters. The van der Waals surface area contributed by atoms with Crippen LogP contribution in [0.25, 0.3) is 0 Å². The highest BCUT2D eigenvalue weighted by molar-refractivity contribution is 6.31. The summed E-state index contributed by atoms with van der Waals surface area (Å²) in [5.41, 5.74) is 1.92. The van der Waals surface area contributed by atoms with Gasteiger partial charge in [0.25, 0.3) is 0 Å². The number of carbonyl (C=O) groups excluding carboxylic acids is 1. The lowest BCUT2D eigenvalue weighted by Gasteiger charge is -2.13. The summed E-state index contributed by atoms with van der Waals surface area (Å²) in [7, 11) is 0. The first-order valence-electron chi connectivity index (χ1n) is 7.33. The Morgan fingerprint density at radius 1 is 1.09 bits per heavy atom. The van der Waals surface area contributed by atoms with E-state index in [4.69, 9.17) is 21.1 Å². The molecule has 0 radical (unpaired) electrons. The number of benzene rings is 2. The van der Waals surface area contributed by atoms with Gasteiger partial charge >= 0.3 is 5.97 Å². The number of esters is 1. The van der Waals surface area contributed by atoms with E-state index < -0.39 is 0 Å². The van der Waals surface area contributed by atoms with Crippen molar-refractivity contribution < 1.29 is 14.3 Å². The van der Waals surface area contributed by atoms with Crippen LogP contribution in [0.4, 0.5) is 0 Å². The quantitative estimate of drug-likeness (QED) is 0.567. The maximum atomic E-state index is 11.5. The SMILES string of the molecule is CCC(=O)Oc1cccc(Cl)c1COc1ccc(CC)cc1. The molecule has 0 N–H and O–H groups in total. The second kappa shape index (κ2) is 7.85. The van der Waals surface area contributed by atoms with E-state index in [-0.39, 0.29) is 12.6 Å². The second-order valence-electron chi connectivity index (χ2n) is 4.83. The van der Waals surface area contributed by atoms with Crippen LogP contribution >= 0.6 is 11.6 Å². The standard InChI is InChI=1S/C18H19ClO3/c1-3-13-8-10-14(11-9-13)21-12-15-16(19)6-5-7-17(15)22-18(20)4-2/h5-11H,3-4,12H2,1-2H3. The largest absolute Gasteiger partial charge is 0.489 e. The Balaban J connectivity index is 2.12. The van der Waals surface area contributed by atoms with E-state index in [2.05, 4.69) is 6.92 Å². The van der Waals surface area contributed by atoms with E-state index in [0.717, 1.165) is 12.2 Å². The van der Waals surface area contributed by atoms with E-state index in [1.54, 1.807) is 25.1 Å². The van der Waals surface area contributed by atoms with Crippen molar-refractivity contribution in [2.24, 2.45) is 0 Å². The lowest BCUT2D eigenvalue weighted by Crippen LogP contribution is -2.09. The molecular formula is C18H19ClO3. The number of aryl methyl sites for hydroxylation is 1. The monoisotopic (exact) mass is 318 g/mol. The molecule has 0 spiro atoms. The van der Waals surface area contributed by atoms with Gasteiger partial charge < -0.3 is 9.47 Å². The minimum Gasteiger partial charge on any atom is -0.489 e. The molecule has 0 amide bonds. The molecule has 0 aromatic heterocycles. The fourth-order valence-corrected chi connectivity index (χ4v) is 2.17. The summed E-state index contributed by atoms with van der Waals surface area (Å²) in [6, 6.07) is 13.1. The zero-order valence-corrected chi connectivity index (χ0v) is 13.5. The Morgan fingerprint density at radius 2 is 1.82 bits per heavy atom. The van der Waals surface area contributed by atoms with Crippen LogP contribution in [-0.2, 0) is 17.8 Å². The van der Waals surface area contributed by atoms with Gasteiger partial charge in [0.1, 0.15) is 18.1 Å². The van der Waals surface area contributed by atoms with Gasteiger partial charge in [-0.2, -0.15) is 0 Å². The maximum absolute atomic E-state index is 11.5. The Labute approximate surface area is 135 Å². The molecule has 116 valence electrons. The third kappa shape index (κ3) is 4.25. The van der Waals surface area contributed by atoms with Gasteiger partial charge in [-0.1, -0.05) is 43.6 Å². The van der Waals surface area contributed by atoms with Gasteiger partial charge in [-0.15, -0.1) is 0 Å². The number of rotatable bonds is 6. The highest BCUT2D eigenvalue weighted by Crippen LogP contribution is 2.28. The smallest absolute Gasteiger partial charge is 0.310 e. The van der Waals surface area contributed by atoms with Crippen molar-refractivity contribution in [1.29, 1.82) is 0 Å². The summed E-state index contributed by atoms with van der Waals surface area (Å²) in [4.78, 5) is 11.5. The summed E-state index contributed by atoms with van der Waals surface area (Å²) in [6.45, 7) is 4.10. The van der Waals surface area contributed by atoms with Crippen molar-refractivity contribution in [1.82, 2.24) is 0 Å². The molecule has 0 fully saturated rings. The number of carbonyl (C=O) groups is 1. The van der Waals surface area contributed by atoms with Crippen LogP contribution in [0, 0.1) is 0 Å². The molecule has 0 aliphatic rings. The average molecular weight is 319 g/mol. The zero-order valence-electron chi connectivity index (χ0n) is 12.8. The van der Waals surface area contributed by atoms with Crippen molar-refractivity contribution >= 4 is 17.6 Å². The van der Waals surface area contributed by atoms with Gasteiger partial charge in [0, 0.05) is 6.42 Å². The Kier molecular flexibility index (Phi) is 5.84. The molecule has 0 atom stereocenters. The molecule has 0 heterocycles. The van der Waals surface area contributed by atoms with Crippen LogP contribution in [-0.4, -0.2) is 5.97 Å². The molecule has 4 heteroatoms. The summed E-state index contributed by atoms with van der Waals surface area (Å²) in [5.74, 6) is 0.908. The van der Waals surface area contributed by atoms with E-state index in [0.29, 0.717) is 22.8 Å². The molecule has 3 nitrogen and oxygen atoms in total. The van der Waals surface area contributed by atoms with Crippen LogP contribution in [0.2, 0.25) is 5.02 Å².